The van der Waals surface area contributed by atoms with Crippen molar-refractivity contribution < 1.29 is 9.53 Å². The lowest BCUT2D eigenvalue weighted by atomic mass is 9.86. The Morgan fingerprint density at radius 1 is 0.795 bits per heavy atom. The Labute approximate surface area is 232 Å². The summed E-state index contributed by atoms with van der Waals surface area (Å²) < 4.78 is 5.98. The Hall–Kier alpha value is -3.63. The summed E-state index contributed by atoms with van der Waals surface area (Å²) in [7, 11) is 0. The lowest BCUT2D eigenvalue weighted by molar-refractivity contribution is 0.0779. The number of rotatable bonds is 7. The summed E-state index contributed by atoms with van der Waals surface area (Å²) in [6.45, 7) is 7.27. The molecule has 6 rings (SSSR count). The fourth-order valence-corrected chi connectivity index (χ4v) is 6.71. The number of benzene rings is 4. The molecular weight excluding hydrogens is 480 g/mol. The first-order chi connectivity index (χ1) is 19.2. The Kier molecular flexibility index (Phi) is 7.64. The molecule has 4 heteroatoms. The first-order valence-electron chi connectivity index (χ1n) is 14.5. The van der Waals surface area contributed by atoms with Crippen LogP contribution in [0.3, 0.4) is 0 Å². The third-order valence-electron chi connectivity index (χ3n) is 8.71. The van der Waals surface area contributed by atoms with Crippen LogP contribution in [0, 0.1) is 5.92 Å². The third kappa shape index (κ3) is 5.44. The van der Waals surface area contributed by atoms with Crippen LogP contribution in [0.25, 0.3) is 10.8 Å². The van der Waals surface area contributed by atoms with E-state index in [1.165, 1.54) is 24.0 Å². The van der Waals surface area contributed by atoms with Crippen molar-refractivity contribution in [2.45, 2.75) is 31.6 Å². The molecule has 0 saturated carbocycles. The fraction of sp³-hybridized carbons (Fsp3) is 0.343. The van der Waals surface area contributed by atoms with Crippen molar-refractivity contribution in [2.75, 3.05) is 39.3 Å². The van der Waals surface area contributed by atoms with Crippen molar-refractivity contribution in [1.82, 2.24) is 9.80 Å². The summed E-state index contributed by atoms with van der Waals surface area (Å²) in [4.78, 5) is 18.9. The van der Waals surface area contributed by atoms with Crippen LogP contribution in [-0.2, 0) is 0 Å². The molecule has 0 radical (unpaired) electrons. The van der Waals surface area contributed by atoms with Gasteiger partial charge in [0.1, 0.15) is 5.75 Å². The molecule has 2 atom stereocenters. The van der Waals surface area contributed by atoms with Crippen molar-refractivity contribution in [3.8, 4) is 5.75 Å². The van der Waals surface area contributed by atoms with Gasteiger partial charge in [0.25, 0.3) is 5.91 Å². The molecule has 0 N–H and O–H groups in total. The summed E-state index contributed by atoms with van der Waals surface area (Å²) >= 11 is 0. The second-order valence-electron chi connectivity index (χ2n) is 11.1. The average Bonchev–Trinajstić information content (AvgIpc) is 3.42. The normalized spacial score (nSPS) is 20.4. The van der Waals surface area contributed by atoms with E-state index in [4.69, 9.17) is 4.74 Å². The van der Waals surface area contributed by atoms with Gasteiger partial charge in [0.2, 0.25) is 0 Å². The minimum absolute atomic E-state index is 0.0847. The van der Waals surface area contributed by atoms with Crippen molar-refractivity contribution in [3.63, 3.8) is 0 Å². The van der Waals surface area contributed by atoms with E-state index >= 15 is 0 Å². The van der Waals surface area contributed by atoms with Crippen molar-refractivity contribution in [3.05, 3.63) is 114 Å². The predicted octanol–water partition coefficient (Wildman–Crippen LogP) is 6.97. The highest BCUT2D eigenvalue weighted by atomic mass is 16.5. The number of fused-ring (bicyclic) bond motifs is 1. The average molecular weight is 519 g/mol. The van der Waals surface area contributed by atoms with Gasteiger partial charge in [-0.15, -0.1) is 0 Å². The summed E-state index contributed by atoms with van der Waals surface area (Å²) in [5, 5.41) is 2.04. The maximum absolute atomic E-state index is 14.2. The van der Waals surface area contributed by atoms with Gasteiger partial charge in [0.05, 0.1) is 12.2 Å². The third-order valence-corrected chi connectivity index (χ3v) is 8.71. The topological polar surface area (TPSA) is 32.8 Å². The zero-order valence-electron chi connectivity index (χ0n) is 22.8. The molecule has 4 nitrogen and oxygen atoms in total. The van der Waals surface area contributed by atoms with E-state index in [2.05, 4.69) is 82.6 Å². The number of amides is 1. The van der Waals surface area contributed by atoms with Gasteiger partial charge in [0, 0.05) is 25.6 Å². The van der Waals surface area contributed by atoms with E-state index in [1.54, 1.807) is 0 Å². The molecule has 0 bridgehead atoms. The van der Waals surface area contributed by atoms with Gasteiger partial charge >= 0.3 is 0 Å². The SMILES string of the molecule is CCOc1ccc2ccccc2c1C(=O)N1CC(CN2CCC(c3ccccc3)CC2)C(c2ccccc2)C1. The quantitative estimate of drug-likeness (QED) is 0.265. The standard InChI is InChI=1S/C35H38N2O2/c1-2-39-33-18-17-29-15-9-10-16-31(29)34(33)35(38)37-24-30(32(25-37)28-13-7-4-8-14-28)23-36-21-19-27(20-22-36)26-11-5-3-6-12-26/h3-18,27,30,32H,2,19-25H2,1H3. The number of ether oxygens (including phenoxy) is 1. The fourth-order valence-electron chi connectivity index (χ4n) is 6.71. The van der Waals surface area contributed by atoms with Crippen LogP contribution in [0.15, 0.2) is 97.1 Å². The molecular formula is C35H38N2O2. The molecule has 2 heterocycles. The van der Waals surface area contributed by atoms with Gasteiger partial charge in [-0.1, -0.05) is 91.0 Å². The molecule has 39 heavy (non-hydrogen) atoms. The van der Waals surface area contributed by atoms with Gasteiger partial charge in [-0.25, -0.2) is 0 Å². The zero-order valence-corrected chi connectivity index (χ0v) is 22.8. The molecule has 2 fully saturated rings. The van der Waals surface area contributed by atoms with Gasteiger partial charge in [-0.05, 0) is 72.7 Å². The lowest BCUT2D eigenvalue weighted by Gasteiger charge is -2.34. The molecule has 0 aliphatic carbocycles. The number of nitrogens with zero attached hydrogens (tertiary/aromatic N) is 2. The number of likely N-dealkylation sites (tertiary alicyclic amines) is 2. The number of carbonyl (C=O) groups excluding carboxylic acids is 1. The minimum atomic E-state index is 0.0847. The molecule has 2 unspecified atom stereocenters. The summed E-state index contributed by atoms with van der Waals surface area (Å²) in [6, 6.07) is 33.9. The predicted molar refractivity (Wildman–Crippen MR) is 159 cm³/mol. The molecule has 4 aromatic carbocycles. The van der Waals surface area contributed by atoms with Gasteiger partial charge in [0.15, 0.2) is 0 Å². The zero-order chi connectivity index (χ0) is 26.6. The van der Waals surface area contributed by atoms with Crippen LogP contribution in [0.5, 0.6) is 5.75 Å². The second-order valence-corrected chi connectivity index (χ2v) is 11.1. The van der Waals surface area contributed by atoms with Crippen LogP contribution < -0.4 is 4.74 Å². The smallest absolute Gasteiger partial charge is 0.258 e. The van der Waals surface area contributed by atoms with E-state index < -0.39 is 0 Å². The molecule has 2 saturated heterocycles. The Morgan fingerprint density at radius 2 is 1.46 bits per heavy atom. The first-order valence-corrected chi connectivity index (χ1v) is 14.5. The number of hydrogen-bond acceptors (Lipinski definition) is 3. The van der Waals surface area contributed by atoms with Crippen LogP contribution >= 0.6 is 0 Å². The van der Waals surface area contributed by atoms with Gasteiger partial charge < -0.3 is 14.5 Å². The lowest BCUT2D eigenvalue weighted by Crippen LogP contribution is -2.38. The molecule has 4 aromatic rings. The van der Waals surface area contributed by atoms with Crippen LogP contribution in [-0.4, -0.2) is 55.0 Å². The van der Waals surface area contributed by atoms with Crippen LogP contribution in [0.2, 0.25) is 0 Å². The molecule has 2 aliphatic rings. The minimum Gasteiger partial charge on any atom is -0.493 e. The van der Waals surface area contributed by atoms with Crippen LogP contribution in [0.4, 0.5) is 0 Å². The van der Waals surface area contributed by atoms with Crippen LogP contribution in [0.1, 0.15) is 53.1 Å². The monoisotopic (exact) mass is 518 g/mol. The maximum atomic E-state index is 14.2. The van der Waals surface area contributed by atoms with E-state index in [-0.39, 0.29) is 5.91 Å². The highest BCUT2D eigenvalue weighted by Crippen LogP contribution is 2.38. The Morgan fingerprint density at radius 3 is 2.18 bits per heavy atom. The Bertz CT molecular complexity index is 1400. The first kappa shape index (κ1) is 25.6. The van der Waals surface area contributed by atoms with Crippen molar-refractivity contribution >= 4 is 16.7 Å². The molecule has 1 amide bonds. The largest absolute Gasteiger partial charge is 0.493 e. The van der Waals surface area contributed by atoms with Crippen molar-refractivity contribution in [2.24, 2.45) is 5.92 Å². The summed E-state index contributed by atoms with van der Waals surface area (Å²) in [6.07, 6.45) is 2.40. The van der Waals surface area contributed by atoms with Crippen molar-refractivity contribution in [1.29, 1.82) is 0 Å². The number of carbonyl (C=O) groups is 1. The van der Waals surface area contributed by atoms with E-state index in [1.807, 2.05) is 31.2 Å². The second kappa shape index (κ2) is 11.6. The van der Waals surface area contributed by atoms with E-state index in [0.717, 1.165) is 43.5 Å². The maximum Gasteiger partial charge on any atom is 0.258 e. The summed E-state index contributed by atoms with van der Waals surface area (Å²) in [5.74, 6) is 2.14. The van der Waals surface area contributed by atoms with Gasteiger partial charge in [-0.2, -0.15) is 0 Å². The number of piperidine rings is 1. The Balaban J connectivity index is 1.23. The highest BCUT2D eigenvalue weighted by molar-refractivity contribution is 6.09. The molecule has 0 spiro atoms. The molecule has 0 aromatic heterocycles. The highest BCUT2D eigenvalue weighted by Gasteiger charge is 2.39. The van der Waals surface area contributed by atoms with E-state index in [9.17, 15) is 4.79 Å². The van der Waals surface area contributed by atoms with Gasteiger partial charge in [-0.3, -0.25) is 4.79 Å². The number of hydrogen-bond donors (Lipinski definition) is 0. The van der Waals surface area contributed by atoms with E-state index in [0.29, 0.717) is 35.7 Å². The molecule has 2 aliphatic heterocycles. The molecule has 200 valence electrons. The summed E-state index contributed by atoms with van der Waals surface area (Å²) in [5.41, 5.74) is 3.50.